The molecule has 2 rings (SSSR count). The van der Waals surface area contributed by atoms with E-state index in [0.717, 1.165) is 22.1 Å². The van der Waals surface area contributed by atoms with Crippen LogP contribution in [0.5, 0.6) is 5.75 Å². The third kappa shape index (κ3) is 4.10. The molecule has 0 unspecified atom stereocenters. The number of carbonyl (C=O) groups excluding carboxylic acids is 1. The zero-order valence-electron chi connectivity index (χ0n) is 11.2. The van der Waals surface area contributed by atoms with Gasteiger partial charge >= 0.3 is 0 Å². The van der Waals surface area contributed by atoms with Crippen LogP contribution in [-0.2, 0) is 11.2 Å². The second kappa shape index (κ2) is 7.10. The van der Waals surface area contributed by atoms with E-state index in [1.807, 2.05) is 48.5 Å². The summed E-state index contributed by atoms with van der Waals surface area (Å²) in [5, 5.41) is 2.87. The summed E-state index contributed by atoms with van der Waals surface area (Å²) in [6, 6.07) is 15.2. The van der Waals surface area contributed by atoms with Gasteiger partial charge in [-0.1, -0.05) is 47.1 Å². The molecular formula is C16H16BrNO2. The van der Waals surface area contributed by atoms with Gasteiger partial charge < -0.3 is 10.1 Å². The van der Waals surface area contributed by atoms with Gasteiger partial charge in [0.05, 0.1) is 0 Å². The maximum atomic E-state index is 11.9. The Labute approximate surface area is 127 Å². The minimum absolute atomic E-state index is 0.00545. The lowest BCUT2D eigenvalue weighted by Crippen LogP contribution is -2.20. The van der Waals surface area contributed by atoms with Crippen molar-refractivity contribution in [1.82, 2.24) is 0 Å². The monoisotopic (exact) mass is 333 g/mol. The molecule has 3 nitrogen and oxygen atoms in total. The van der Waals surface area contributed by atoms with Crippen molar-refractivity contribution in [1.29, 1.82) is 0 Å². The summed E-state index contributed by atoms with van der Waals surface area (Å²) in [6.45, 7) is 2.05. The first-order valence-electron chi connectivity index (χ1n) is 6.45. The normalized spacial score (nSPS) is 10.1. The van der Waals surface area contributed by atoms with Gasteiger partial charge in [-0.25, -0.2) is 0 Å². The van der Waals surface area contributed by atoms with E-state index in [1.54, 1.807) is 0 Å². The lowest BCUT2D eigenvalue weighted by atomic mass is 10.1. The smallest absolute Gasteiger partial charge is 0.262 e. The van der Waals surface area contributed by atoms with Crippen LogP contribution in [0.3, 0.4) is 0 Å². The molecule has 0 aliphatic carbocycles. The van der Waals surface area contributed by atoms with Crippen LogP contribution in [-0.4, -0.2) is 12.5 Å². The molecule has 0 radical (unpaired) electrons. The van der Waals surface area contributed by atoms with Gasteiger partial charge in [-0.15, -0.1) is 0 Å². The van der Waals surface area contributed by atoms with E-state index in [9.17, 15) is 4.79 Å². The number of hydrogen-bond acceptors (Lipinski definition) is 2. The van der Waals surface area contributed by atoms with Crippen LogP contribution in [0.25, 0.3) is 0 Å². The molecule has 0 aromatic heterocycles. The number of nitrogens with one attached hydrogen (secondary N) is 1. The number of ether oxygens (including phenoxy) is 1. The summed E-state index contributed by atoms with van der Waals surface area (Å²) in [4.78, 5) is 11.9. The number of amides is 1. The van der Waals surface area contributed by atoms with Crippen LogP contribution in [0, 0.1) is 0 Å². The molecule has 2 aromatic carbocycles. The highest BCUT2D eigenvalue weighted by atomic mass is 79.9. The van der Waals surface area contributed by atoms with E-state index in [2.05, 4.69) is 28.2 Å². The van der Waals surface area contributed by atoms with Crippen LogP contribution in [0.1, 0.15) is 12.5 Å². The van der Waals surface area contributed by atoms with Crippen molar-refractivity contribution in [2.45, 2.75) is 13.3 Å². The number of carbonyl (C=O) groups is 1. The maximum Gasteiger partial charge on any atom is 0.262 e. The average molecular weight is 334 g/mol. The van der Waals surface area contributed by atoms with Gasteiger partial charge in [-0.3, -0.25) is 4.79 Å². The fourth-order valence-electron chi connectivity index (χ4n) is 1.84. The van der Waals surface area contributed by atoms with Crippen molar-refractivity contribution >= 4 is 27.5 Å². The fraction of sp³-hybridized carbons (Fsp3) is 0.188. The quantitative estimate of drug-likeness (QED) is 0.897. The first-order chi connectivity index (χ1) is 9.69. The molecule has 0 fully saturated rings. The highest BCUT2D eigenvalue weighted by Crippen LogP contribution is 2.18. The summed E-state index contributed by atoms with van der Waals surface area (Å²) in [6.07, 6.45) is 0.878. The predicted molar refractivity (Wildman–Crippen MR) is 84.1 cm³/mol. The minimum Gasteiger partial charge on any atom is -0.484 e. The summed E-state index contributed by atoms with van der Waals surface area (Å²) in [5.74, 6) is 0.504. The van der Waals surface area contributed by atoms with Crippen LogP contribution < -0.4 is 10.1 Å². The molecule has 4 heteroatoms. The number of halogens is 1. The summed E-state index contributed by atoms with van der Waals surface area (Å²) in [5.41, 5.74) is 1.96. The Morgan fingerprint density at radius 3 is 2.75 bits per heavy atom. The van der Waals surface area contributed by atoms with Gasteiger partial charge in [0.25, 0.3) is 5.91 Å². The van der Waals surface area contributed by atoms with E-state index in [1.165, 1.54) is 0 Å². The Morgan fingerprint density at radius 2 is 2.00 bits per heavy atom. The van der Waals surface area contributed by atoms with E-state index >= 15 is 0 Å². The topological polar surface area (TPSA) is 38.3 Å². The predicted octanol–water partition coefficient (Wildman–Crippen LogP) is 4.03. The summed E-state index contributed by atoms with van der Waals surface area (Å²) < 4.78 is 6.38. The summed E-state index contributed by atoms with van der Waals surface area (Å²) in [7, 11) is 0. The third-order valence-corrected chi connectivity index (χ3v) is 3.33. The molecule has 0 heterocycles. The highest BCUT2D eigenvalue weighted by molar-refractivity contribution is 9.10. The molecule has 0 atom stereocenters. The first-order valence-corrected chi connectivity index (χ1v) is 7.24. The second-order valence-corrected chi connectivity index (χ2v) is 5.22. The lowest BCUT2D eigenvalue weighted by molar-refractivity contribution is -0.118. The number of para-hydroxylation sites is 1. The standard InChI is InChI=1S/C16H16BrNO2/c1-2-12-6-3-4-9-15(12)18-16(19)11-20-14-8-5-7-13(17)10-14/h3-10H,2,11H2,1H3,(H,18,19). The van der Waals surface area contributed by atoms with Crippen LogP contribution in [0.15, 0.2) is 53.0 Å². The Balaban J connectivity index is 1.93. The number of benzene rings is 2. The Hall–Kier alpha value is -1.81. The van der Waals surface area contributed by atoms with Gasteiger partial charge in [0, 0.05) is 10.2 Å². The maximum absolute atomic E-state index is 11.9. The van der Waals surface area contributed by atoms with Crippen molar-refractivity contribution in [2.75, 3.05) is 11.9 Å². The molecule has 0 spiro atoms. The Bertz CT molecular complexity index is 599. The second-order valence-electron chi connectivity index (χ2n) is 4.30. The van der Waals surface area contributed by atoms with Crippen LogP contribution in [0.4, 0.5) is 5.69 Å². The number of aryl methyl sites for hydroxylation is 1. The van der Waals surface area contributed by atoms with Crippen LogP contribution >= 0.6 is 15.9 Å². The first kappa shape index (κ1) is 14.6. The Kier molecular flexibility index (Phi) is 5.18. The largest absolute Gasteiger partial charge is 0.484 e. The van der Waals surface area contributed by atoms with Crippen molar-refractivity contribution in [3.63, 3.8) is 0 Å². The van der Waals surface area contributed by atoms with E-state index in [4.69, 9.17) is 4.74 Å². The minimum atomic E-state index is -0.161. The zero-order chi connectivity index (χ0) is 14.4. The Morgan fingerprint density at radius 1 is 1.20 bits per heavy atom. The van der Waals surface area contributed by atoms with Gasteiger partial charge in [-0.05, 0) is 36.2 Å². The van der Waals surface area contributed by atoms with Crippen molar-refractivity contribution in [3.05, 3.63) is 58.6 Å². The highest BCUT2D eigenvalue weighted by Gasteiger charge is 2.06. The van der Waals surface area contributed by atoms with E-state index in [0.29, 0.717) is 5.75 Å². The molecular weight excluding hydrogens is 318 g/mol. The SMILES string of the molecule is CCc1ccccc1NC(=O)COc1cccc(Br)c1. The molecule has 0 saturated heterocycles. The number of rotatable bonds is 5. The van der Waals surface area contributed by atoms with Gasteiger partial charge in [0.2, 0.25) is 0 Å². The van der Waals surface area contributed by atoms with Crippen molar-refractivity contribution in [3.8, 4) is 5.75 Å². The summed E-state index contributed by atoms with van der Waals surface area (Å²) >= 11 is 3.36. The van der Waals surface area contributed by atoms with Gasteiger partial charge in [-0.2, -0.15) is 0 Å². The molecule has 0 bridgehead atoms. The molecule has 1 N–H and O–H groups in total. The van der Waals surface area contributed by atoms with Crippen molar-refractivity contribution < 1.29 is 9.53 Å². The number of anilines is 1. The average Bonchev–Trinajstić information content (AvgIpc) is 2.46. The molecule has 0 saturated carbocycles. The molecule has 2 aromatic rings. The van der Waals surface area contributed by atoms with E-state index in [-0.39, 0.29) is 12.5 Å². The van der Waals surface area contributed by atoms with Gasteiger partial charge in [0.15, 0.2) is 6.61 Å². The number of hydrogen-bond donors (Lipinski definition) is 1. The van der Waals surface area contributed by atoms with Crippen molar-refractivity contribution in [2.24, 2.45) is 0 Å². The molecule has 1 amide bonds. The lowest BCUT2D eigenvalue weighted by Gasteiger charge is -2.10. The van der Waals surface area contributed by atoms with Gasteiger partial charge in [0.1, 0.15) is 5.75 Å². The van der Waals surface area contributed by atoms with Crippen LogP contribution in [0.2, 0.25) is 0 Å². The fourth-order valence-corrected chi connectivity index (χ4v) is 2.22. The zero-order valence-corrected chi connectivity index (χ0v) is 12.8. The molecule has 20 heavy (non-hydrogen) atoms. The van der Waals surface area contributed by atoms with E-state index < -0.39 is 0 Å². The molecule has 104 valence electrons. The molecule has 0 aliphatic rings. The molecule has 0 aliphatic heterocycles. The third-order valence-electron chi connectivity index (χ3n) is 2.84.